The molecule has 0 bridgehead atoms. The van der Waals surface area contributed by atoms with Crippen LogP contribution in [0.4, 0.5) is 4.39 Å². The SMILES string of the molecule is COc1cc(OC)c(-c2ccc(Cl)c(C)c2F)cc1B1OC(C)(C)C(C)(C)O1. The summed E-state index contributed by atoms with van der Waals surface area (Å²) >= 11 is 6.06. The van der Waals surface area contributed by atoms with Crippen LogP contribution in [-0.2, 0) is 9.31 Å². The van der Waals surface area contributed by atoms with Gasteiger partial charge in [-0.15, -0.1) is 0 Å². The van der Waals surface area contributed by atoms with E-state index in [0.717, 1.165) is 0 Å². The monoisotopic (exact) mass is 406 g/mol. The molecule has 7 heteroatoms. The first-order valence-corrected chi connectivity index (χ1v) is 9.46. The summed E-state index contributed by atoms with van der Waals surface area (Å²) in [4.78, 5) is 0. The lowest BCUT2D eigenvalue weighted by Crippen LogP contribution is -2.41. The smallest absolute Gasteiger partial charge is 0.497 e. The standard InChI is InChI=1S/C21H25BClFO4/c1-12-16(23)9-8-13(19(12)24)14-10-15(18(26-7)11-17(14)25-6)22-27-20(2,3)21(4,5)28-22/h8-11H,1-7H3. The molecular weight excluding hydrogens is 381 g/mol. The summed E-state index contributed by atoms with van der Waals surface area (Å²) in [6, 6.07) is 6.83. The van der Waals surface area contributed by atoms with Gasteiger partial charge in [0.05, 0.1) is 25.4 Å². The molecule has 1 aliphatic rings. The van der Waals surface area contributed by atoms with Gasteiger partial charge in [-0.05, 0) is 52.8 Å². The number of methoxy groups -OCH3 is 2. The fourth-order valence-electron chi connectivity index (χ4n) is 3.16. The Balaban J connectivity index is 2.18. The molecule has 3 rings (SSSR count). The molecule has 0 saturated carbocycles. The van der Waals surface area contributed by atoms with Gasteiger partial charge in [0.15, 0.2) is 0 Å². The summed E-state index contributed by atoms with van der Waals surface area (Å²) in [5.74, 6) is 0.638. The third kappa shape index (κ3) is 3.38. The summed E-state index contributed by atoms with van der Waals surface area (Å²) in [5, 5.41) is 0.375. The fraction of sp³-hybridized carbons (Fsp3) is 0.429. The minimum absolute atomic E-state index is 0.375. The third-order valence-electron chi connectivity index (χ3n) is 5.67. The van der Waals surface area contributed by atoms with E-state index in [0.29, 0.717) is 38.7 Å². The van der Waals surface area contributed by atoms with Crippen molar-refractivity contribution in [2.24, 2.45) is 0 Å². The zero-order valence-electron chi connectivity index (χ0n) is 17.3. The predicted molar refractivity (Wildman–Crippen MR) is 110 cm³/mol. The van der Waals surface area contributed by atoms with Gasteiger partial charge in [-0.1, -0.05) is 11.6 Å². The van der Waals surface area contributed by atoms with Crippen molar-refractivity contribution in [3.05, 3.63) is 40.7 Å². The zero-order valence-corrected chi connectivity index (χ0v) is 18.0. The van der Waals surface area contributed by atoms with E-state index >= 15 is 0 Å². The Labute approximate surface area is 171 Å². The van der Waals surface area contributed by atoms with Gasteiger partial charge in [0, 0.05) is 33.2 Å². The Bertz CT molecular complexity index is 898. The van der Waals surface area contributed by atoms with Crippen molar-refractivity contribution in [1.29, 1.82) is 0 Å². The quantitative estimate of drug-likeness (QED) is 0.685. The normalized spacial score (nSPS) is 17.7. The number of benzene rings is 2. The molecule has 0 unspecified atom stereocenters. The van der Waals surface area contributed by atoms with Crippen LogP contribution in [0.3, 0.4) is 0 Å². The van der Waals surface area contributed by atoms with Crippen LogP contribution in [0.15, 0.2) is 24.3 Å². The largest absolute Gasteiger partial charge is 0.498 e. The molecule has 2 aromatic rings. The van der Waals surface area contributed by atoms with Crippen LogP contribution in [0.25, 0.3) is 11.1 Å². The molecule has 0 aliphatic carbocycles. The van der Waals surface area contributed by atoms with Crippen molar-refractivity contribution in [1.82, 2.24) is 0 Å². The van der Waals surface area contributed by atoms with E-state index in [4.69, 9.17) is 30.4 Å². The van der Waals surface area contributed by atoms with Crippen LogP contribution in [0.1, 0.15) is 33.3 Å². The van der Waals surface area contributed by atoms with E-state index in [1.54, 1.807) is 38.3 Å². The number of halogens is 2. The maximum Gasteiger partial charge on any atom is 0.498 e. The fourth-order valence-corrected chi connectivity index (χ4v) is 3.30. The minimum Gasteiger partial charge on any atom is -0.497 e. The van der Waals surface area contributed by atoms with Crippen LogP contribution >= 0.6 is 11.6 Å². The van der Waals surface area contributed by atoms with E-state index < -0.39 is 24.1 Å². The summed E-state index contributed by atoms with van der Waals surface area (Å²) < 4.78 is 38.4. The van der Waals surface area contributed by atoms with E-state index in [-0.39, 0.29) is 0 Å². The molecule has 0 amide bonds. The summed E-state index contributed by atoms with van der Waals surface area (Å²) in [6.07, 6.45) is 0. The van der Waals surface area contributed by atoms with Crippen molar-refractivity contribution in [2.45, 2.75) is 45.8 Å². The Morgan fingerprint density at radius 3 is 2.04 bits per heavy atom. The highest BCUT2D eigenvalue weighted by molar-refractivity contribution is 6.63. The summed E-state index contributed by atoms with van der Waals surface area (Å²) in [5.41, 5.74) is 0.998. The van der Waals surface area contributed by atoms with Crippen LogP contribution in [0.2, 0.25) is 5.02 Å². The maximum atomic E-state index is 15.0. The molecule has 1 fully saturated rings. The molecule has 0 aromatic heterocycles. The highest BCUT2D eigenvalue weighted by Gasteiger charge is 2.52. The lowest BCUT2D eigenvalue weighted by atomic mass is 9.76. The number of rotatable bonds is 4. The third-order valence-corrected chi connectivity index (χ3v) is 6.08. The van der Waals surface area contributed by atoms with Crippen LogP contribution < -0.4 is 14.9 Å². The first-order valence-electron chi connectivity index (χ1n) is 9.09. The first-order chi connectivity index (χ1) is 13.0. The van der Waals surface area contributed by atoms with E-state index in [1.165, 1.54) is 7.11 Å². The van der Waals surface area contributed by atoms with Crippen molar-refractivity contribution in [3.63, 3.8) is 0 Å². The molecule has 0 N–H and O–H groups in total. The van der Waals surface area contributed by atoms with Gasteiger partial charge in [-0.25, -0.2) is 4.39 Å². The van der Waals surface area contributed by atoms with Crippen molar-refractivity contribution in [3.8, 4) is 22.6 Å². The predicted octanol–water partition coefficient (Wildman–Crippen LogP) is 4.77. The van der Waals surface area contributed by atoms with Gasteiger partial charge >= 0.3 is 7.12 Å². The van der Waals surface area contributed by atoms with E-state index in [2.05, 4.69) is 0 Å². The van der Waals surface area contributed by atoms with Gasteiger partial charge in [-0.2, -0.15) is 0 Å². The number of hydrogen-bond donors (Lipinski definition) is 0. The number of hydrogen-bond acceptors (Lipinski definition) is 4. The Morgan fingerprint density at radius 2 is 1.50 bits per heavy atom. The second-order valence-electron chi connectivity index (χ2n) is 7.92. The maximum absolute atomic E-state index is 15.0. The van der Waals surface area contributed by atoms with Gasteiger partial charge in [0.25, 0.3) is 0 Å². The van der Waals surface area contributed by atoms with Gasteiger partial charge < -0.3 is 18.8 Å². The van der Waals surface area contributed by atoms with Crippen LogP contribution in [0, 0.1) is 12.7 Å². The van der Waals surface area contributed by atoms with Gasteiger partial charge in [-0.3, -0.25) is 0 Å². The molecule has 1 heterocycles. The van der Waals surface area contributed by atoms with Crippen molar-refractivity contribution >= 4 is 24.2 Å². The average molecular weight is 407 g/mol. The first kappa shape index (κ1) is 21.0. The topological polar surface area (TPSA) is 36.9 Å². The Hall–Kier alpha value is -1.76. The summed E-state index contributed by atoms with van der Waals surface area (Å²) in [6.45, 7) is 9.56. The highest BCUT2D eigenvalue weighted by Crippen LogP contribution is 2.40. The lowest BCUT2D eigenvalue weighted by molar-refractivity contribution is 0.00578. The van der Waals surface area contributed by atoms with Crippen LogP contribution in [0.5, 0.6) is 11.5 Å². The van der Waals surface area contributed by atoms with Crippen LogP contribution in [-0.4, -0.2) is 32.5 Å². The molecule has 1 saturated heterocycles. The van der Waals surface area contributed by atoms with Gasteiger partial charge in [0.2, 0.25) is 0 Å². The second kappa shape index (κ2) is 7.25. The summed E-state index contributed by atoms with van der Waals surface area (Å²) in [7, 11) is 2.45. The molecule has 0 radical (unpaired) electrons. The Morgan fingerprint density at radius 1 is 0.929 bits per heavy atom. The highest BCUT2D eigenvalue weighted by atomic mass is 35.5. The molecule has 150 valence electrons. The van der Waals surface area contributed by atoms with Crippen molar-refractivity contribution < 1.29 is 23.2 Å². The van der Waals surface area contributed by atoms with Gasteiger partial charge in [0.1, 0.15) is 17.3 Å². The zero-order chi connectivity index (χ0) is 20.9. The molecule has 2 aromatic carbocycles. The van der Waals surface area contributed by atoms with Crippen molar-refractivity contribution in [2.75, 3.05) is 14.2 Å². The van der Waals surface area contributed by atoms with E-state index in [1.807, 2.05) is 27.7 Å². The molecule has 4 nitrogen and oxygen atoms in total. The average Bonchev–Trinajstić information content (AvgIpc) is 2.86. The molecule has 0 atom stereocenters. The van der Waals surface area contributed by atoms with E-state index in [9.17, 15) is 4.39 Å². The lowest BCUT2D eigenvalue weighted by Gasteiger charge is -2.32. The minimum atomic E-state index is -0.652. The molecule has 0 spiro atoms. The Kier molecular flexibility index (Phi) is 5.43. The second-order valence-corrected chi connectivity index (χ2v) is 8.32. The molecular formula is C21H25BClFO4. The number of ether oxygens (including phenoxy) is 2. The molecule has 1 aliphatic heterocycles. The molecule has 28 heavy (non-hydrogen) atoms.